The topological polar surface area (TPSA) is 115 Å². The van der Waals surface area contributed by atoms with Crippen molar-refractivity contribution < 1.29 is 18.9 Å². The van der Waals surface area contributed by atoms with Crippen molar-refractivity contribution in [3.05, 3.63) is 65.0 Å². The number of nitrogens with one attached hydrogen (secondary N) is 1. The lowest BCUT2D eigenvalue weighted by molar-refractivity contribution is 0.348. The van der Waals surface area contributed by atoms with Gasteiger partial charge in [-0.25, -0.2) is 0 Å². The second-order valence-electron chi connectivity index (χ2n) is 6.55. The van der Waals surface area contributed by atoms with Crippen molar-refractivity contribution in [1.29, 1.82) is 5.26 Å². The molecule has 0 fully saturated rings. The Labute approximate surface area is 173 Å². The van der Waals surface area contributed by atoms with E-state index in [1.807, 2.05) is 36.4 Å². The van der Waals surface area contributed by atoms with Gasteiger partial charge in [-0.3, -0.25) is 5.10 Å². The van der Waals surface area contributed by atoms with Crippen LogP contribution in [0.5, 0.6) is 23.1 Å². The third kappa shape index (κ3) is 2.97. The van der Waals surface area contributed by atoms with Crippen molar-refractivity contribution >= 4 is 0 Å². The summed E-state index contributed by atoms with van der Waals surface area (Å²) >= 11 is 0. The van der Waals surface area contributed by atoms with Crippen molar-refractivity contribution in [3.63, 3.8) is 0 Å². The molecule has 152 valence electrons. The molecule has 0 saturated carbocycles. The number of benzene rings is 2. The van der Waals surface area contributed by atoms with Crippen LogP contribution in [0.25, 0.3) is 11.3 Å². The first-order valence-corrected chi connectivity index (χ1v) is 9.14. The van der Waals surface area contributed by atoms with Crippen molar-refractivity contribution in [2.75, 3.05) is 21.3 Å². The molecule has 0 aliphatic carbocycles. The number of rotatable bonds is 5. The molecule has 8 nitrogen and oxygen atoms in total. The van der Waals surface area contributed by atoms with Crippen LogP contribution in [0.3, 0.4) is 0 Å². The molecular weight excluding hydrogens is 384 g/mol. The molecule has 3 N–H and O–H groups in total. The molecule has 3 aromatic rings. The summed E-state index contributed by atoms with van der Waals surface area (Å²) in [5.41, 5.74) is 9.32. The number of hydrogen-bond acceptors (Lipinski definition) is 7. The van der Waals surface area contributed by atoms with Gasteiger partial charge in [-0.2, -0.15) is 5.26 Å². The third-order valence-electron chi connectivity index (χ3n) is 5.06. The molecular formula is C22H20N4O4. The summed E-state index contributed by atoms with van der Waals surface area (Å²) in [7, 11) is 4.73. The number of fused-ring (bicyclic) bond motifs is 1. The molecule has 4 rings (SSSR count). The van der Waals surface area contributed by atoms with Gasteiger partial charge in [0.05, 0.1) is 38.5 Å². The summed E-state index contributed by atoms with van der Waals surface area (Å²) in [5.74, 6) is 1.56. The number of nitrogens with zero attached hydrogens (tertiary/aromatic N) is 2. The first-order valence-electron chi connectivity index (χ1n) is 9.14. The van der Waals surface area contributed by atoms with E-state index >= 15 is 0 Å². The predicted octanol–water partition coefficient (Wildman–Crippen LogP) is 3.32. The lowest BCUT2D eigenvalue weighted by Crippen LogP contribution is -2.21. The zero-order chi connectivity index (χ0) is 21.3. The molecule has 8 heteroatoms. The normalized spacial score (nSPS) is 15.1. The average Bonchev–Trinajstić information content (AvgIpc) is 3.20. The smallest absolute Gasteiger partial charge is 0.244 e. The molecule has 1 atom stereocenters. The highest BCUT2D eigenvalue weighted by molar-refractivity contribution is 5.72. The third-order valence-corrected chi connectivity index (χ3v) is 5.06. The molecule has 0 unspecified atom stereocenters. The van der Waals surface area contributed by atoms with Gasteiger partial charge in [0.15, 0.2) is 11.5 Å². The van der Waals surface area contributed by atoms with E-state index in [9.17, 15) is 5.26 Å². The molecule has 0 bridgehead atoms. The number of methoxy groups -OCH3 is 3. The van der Waals surface area contributed by atoms with Crippen molar-refractivity contribution in [1.82, 2.24) is 10.2 Å². The lowest BCUT2D eigenvalue weighted by Gasteiger charge is -2.26. The van der Waals surface area contributed by atoms with Crippen LogP contribution < -0.4 is 24.7 Å². The molecule has 0 saturated heterocycles. The Kier molecular flexibility index (Phi) is 4.94. The summed E-state index contributed by atoms with van der Waals surface area (Å²) < 4.78 is 22.0. The first kappa shape index (κ1) is 19.2. The van der Waals surface area contributed by atoms with Crippen LogP contribution >= 0.6 is 0 Å². The van der Waals surface area contributed by atoms with Gasteiger partial charge in [0.1, 0.15) is 17.4 Å². The molecule has 30 heavy (non-hydrogen) atoms. The summed E-state index contributed by atoms with van der Waals surface area (Å²) in [6, 6.07) is 15.2. The fourth-order valence-electron chi connectivity index (χ4n) is 3.67. The molecule has 1 aliphatic heterocycles. The Morgan fingerprint density at radius 2 is 1.83 bits per heavy atom. The Balaban J connectivity index is 1.96. The molecule has 0 radical (unpaired) electrons. The van der Waals surface area contributed by atoms with E-state index < -0.39 is 5.92 Å². The number of aromatic nitrogens is 2. The number of ether oxygens (including phenoxy) is 4. The standard InChI is InChI=1S/C22H20N4O4/c1-27-13-9-7-12(8-10-13)19-18-17(14-5-4-6-16(28-2)20(14)29-3)15(11-23)21(24)30-22(18)26-25-19/h4-10,17H,24H2,1-3H3,(H,25,26)/t17-/m1/s1. The number of para-hydroxylation sites is 1. The van der Waals surface area contributed by atoms with Gasteiger partial charge in [-0.1, -0.05) is 12.1 Å². The number of allylic oxidation sites excluding steroid dienone is 1. The molecule has 2 aromatic carbocycles. The van der Waals surface area contributed by atoms with Gasteiger partial charge in [0.2, 0.25) is 11.8 Å². The van der Waals surface area contributed by atoms with E-state index in [0.29, 0.717) is 28.6 Å². The lowest BCUT2D eigenvalue weighted by atomic mass is 9.82. The quantitative estimate of drug-likeness (QED) is 0.670. The minimum atomic E-state index is -0.556. The second kappa shape index (κ2) is 7.72. The summed E-state index contributed by atoms with van der Waals surface area (Å²) in [4.78, 5) is 0. The van der Waals surface area contributed by atoms with Gasteiger partial charge < -0.3 is 24.7 Å². The minimum Gasteiger partial charge on any atom is -0.497 e. The summed E-state index contributed by atoms with van der Waals surface area (Å²) in [5, 5.41) is 17.2. The minimum absolute atomic E-state index is 0.00709. The van der Waals surface area contributed by atoms with E-state index in [1.165, 1.54) is 0 Å². The Morgan fingerprint density at radius 3 is 2.47 bits per heavy atom. The maximum Gasteiger partial charge on any atom is 0.244 e. The Bertz CT molecular complexity index is 1160. The molecule has 0 amide bonds. The second-order valence-corrected chi connectivity index (χ2v) is 6.55. The summed E-state index contributed by atoms with van der Waals surface area (Å²) in [6.07, 6.45) is 0. The van der Waals surface area contributed by atoms with Crippen LogP contribution in [-0.2, 0) is 0 Å². The molecule has 2 heterocycles. The highest BCUT2D eigenvalue weighted by atomic mass is 16.5. The van der Waals surface area contributed by atoms with Crippen molar-refractivity contribution in [2.24, 2.45) is 5.73 Å². The fraction of sp³-hybridized carbons (Fsp3) is 0.182. The van der Waals surface area contributed by atoms with Gasteiger partial charge in [-0.15, -0.1) is 5.10 Å². The fourth-order valence-corrected chi connectivity index (χ4v) is 3.67. The monoisotopic (exact) mass is 404 g/mol. The molecule has 1 aliphatic rings. The van der Waals surface area contributed by atoms with E-state index in [4.69, 9.17) is 24.7 Å². The number of H-pyrrole nitrogens is 1. The predicted molar refractivity (Wildman–Crippen MR) is 109 cm³/mol. The van der Waals surface area contributed by atoms with E-state index in [2.05, 4.69) is 16.3 Å². The van der Waals surface area contributed by atoms with Crippen molar-refractivity contribution in [2.45, 2.75) is 5.92 Å². The number of aromatic amines is 1. The van der Waals surface area contributed by atoms with Crippen LogP contribution in [0.2, 0.25) is 0 Å². The van der Waals surface area contributed by atoms with E-state index in [1.54, 1.807) is 27.4 Å². The molecule has 1 aromatic heterocycles. The maximum atomic E-state index is 9.89. The summed E-state index contributed by atoms with van der Waals surface area (Å²) in [6.45, 7) is 0. The average molecular weight is 404 g/mol. The number of nitrogens with two attached hydrogens (primary N) is 1. The van der Waals surface area contributed by atoms with E-state index in [0.717, 1.165) is 16.9 Å². The van der Waals surface area contributed by atoms with Gasteiger partial charge >= 0.3 is 0 Å². The highest BCUT2D eigenvalue weighted by Crippen LogP contribution is 2.49. The largest absolute Gasteiger partial charge is 0.497 e. The van der Waals surface area contributed by atoms with Crippen molar-refractivity contribution in [3.8, 4) is 40.5 Å². The number of hydrogen-bond donors (Lipinski definition) is 2. The van der Waals surface area contributed by atoms with E-state index in [-0.39, 0.29) is 11.5 Å². The van der Waals surface area contributed by atoms with Gasteiger partial charge in [0, 0.05) is 11.1 Å². The van der Waals surface area contributed by atoms with Crippen LogP contribution in [0.1, 0.15) is 17.0 Å². The van der Waals surface area contributed by atoms with Gasteiger partial charge in [0.25, 0.3) is 0 Å². The highest BCUT2D eigenvalue weighted by Gasteiger charge is 2.37. The Morgan fingerprint density at radius 1 is 1.07 bits per heavy atom. The van der Waals surface area contributed by atoms with Crippen LogP contribution in [0, 0.1) is 11.3 Å². The van der Waals surface area contributed by atoms with Crippen LogP contribution in [0.15, 0.2) is 53.9 Å². The van der Waals surface area contributed by atoms with Crippen LogP contribution in [-0.4, -0.2) is 31.5 Å². The molecule has 0 spiro atoms. The Hall–Kier alpha value is -4.12. The SMILES string of the molecule is COc1ccc(-c2[nH]nc3c2[C@H](c2cccc(OC)c2OC)C(C#N)=C(N)O3)cc1. The van der Waals surface area contributed by atoms with Gasteiger partial charge in [-0.05, 0) is 30.3 Å². The zero-order valence-corrected chi connectivity index (χ0v) is 16.7. The first-order chi connectivity index (χ1) is 14.6. The number of nitriles is 1. The maximum absolute atomic E-state index is 9.89. The zero-order valence-electron chi connectivity index (χ0n) is 16.7. The van der Waals surface area contributed by atoms with Crippen LogP contribution in [0.4, 0.5) is 0 Å².